The predicted octanol–water partition coefficient (Wildman–Crippen LogP) is 2.83. The Bertz CT molecular complexity index is 521. The second-order valence-electron chi connectivity index (χ2n) is 4.25. The van der Waals surface area contributed by atoms with Crippen LogP contribution < -0.4 is 10.5 Å². The summed E-state index contributed by atoms with van der Waals surface area (Å²) in [5.41, 5.74) is 9.29. The lowest BCUT2D eigenvalue weighted by Crippen LogP contribution is -1.99. The van der Waals surface area contributed by atoms with Gasteiger partial charge in [0.25, 0.3) is 0 Å². The number of rotatable bonds is 4. The molecule has 0 aliphatic rings. The Hall–Kier alpha value is -2.03. The Balaban J connectivity index is 2.22. The molecule has 0 bridgehead atoms. The van der Waals surface area contributed by atoms with Gasteiger partial charge in [-0.3, -0.25) is 0 Å². The number of aryl methyl sites for hydroxylation is 1. The summed E-state index contributed by atoms with van der Waals surface area (Å²) in [6.07, 6.45) is 1.87. The van der Waals surface area contributed by atoms with Gasteiger partial charge in [0.15, 0.2) is 0 Å². The average molecular weight is 242 g/mol. The summed E-state index contributed by atoms with van der Waals surface area (Å²) < 4.78 is 5.25. The highest BCUT2D eigenvalue weighted by atomic mass is 16.5. The zero-order valence-electron chi connectivity index (χ0n) is 10.8. The molecule has 2 rings (SSSR count). The third kappa shape index (κ3) is 2.80. The van der Waals surface area contributed by atoms with Crippen molar-refractivity contribution in [3.63, 3.8) is 0 Å². The highest BCUT2D eigenvalue weighted by Gasteiger charge is 2.06. The molecule has 3 nitrogen and oxygen atoms in total. The molecular weight excluding hydrogens is 224 g/mol. The fourth-order valence-electron chi connectivity index (χ4n) is 1.91. The van der Waals surface area contributed by atoms with Gasteiger partial charge in [0.05, 0.1) is 7.11 Å². The summed E-state index contributed by atoms with van der Waals surface area (Å²) in [6.45, 7) is 2.15. The molecule has 0 fully saturated rings. The normalized spacial score (nSPS) is 10.3. The summed E-state index contributed by atoms with van der Waals surface area (Å²) in [5.74, 6) is 1.09. The Labute approximate surface area is 108 Å². The molecule has 0 radical (unpaired) electrons. The fraction of sp³-hybridized carbons (Fsp3) is 0.267. The van der Waals surface area contributed by atoms with Crippen LogP contribution in [0.15, 0.2) is 36.4 Å². The summed E-state index contributed by atoms with van der Waals surface area (Å²) in [5, 5.41) is 0. The number of anilines is 1. The van der Waals surface area contributed by atoms with E-state index in [9.17, 15) is 0 Å². The van der Waals surface area contributed by atoms with Crippen molar-refractivity contribution in [3.8, 4) is 5.88 Å². The lowest BCUT2D eigenvalue weighted by molar-refractivity contribution is 0.394. The maximum Gasteiger partial charge on any atom is 0.218 e. The molecule has 1 heterocycles. The number of hydrogen-bond donors (Lipinski definition) is 1. The van der Waals surface area contributed by atoms with Crippen molar-refractivity contribution in [1.82, 2.24) is 4.98 Å². The van der Waals surface area contributed by atoms with Crippen molar-refractivity contribution in [1.29, 1.82) is 0 Å². The van der Waals surface area contributed by atoms with Crippen LogP contribution in [0.2, 0.25) is 0 Å². The van der Waals surface area contributed by atoms with Gasteiger partial charge < -0.3 is 10.5 Å². The van der Waals surface area contributed by atoms with Gasteiger partial charge in [-0.1, -0.05) is 31.2 Å². The second-order valence-corrected chi connectivity index (χ2v) is 4.25. The number of ether oxygens (including phenoxy) is 1. The topological polar surface area (TPSA) is 48.1 Å². The van der Waals surface area contributed by atoms with Gasteiger partial charge in [-0.15, -0.1) is 0 Å². The van der Waals surface area contributed by atoms with Gasteiger partial charge in [-0.2, -0.15) is 4.98 Å². The molecule has 2 aromatic rings. The van der Waals surface area contributed by atoms with Crippen molar-refractivity contribution in [2.75, 3.05) is 12.8 Å². The highest BCUT2D eigenvalue weighted by Crippen LogP contribution is 2.20. The van der Waals surface area contributed by atoms with E-state index in [0.29, 0.717) is 11.7 Å². The van der Waals surface area contributed by atoms with E-state index >= 15 is 0 Å². The zero-order valence-corrected chi connectivity index (χ0v) is 10.8. The van der Waals surface area contributed by atoms with Crippen molar-refractivity contribution < 1.29 is 4.74 Å². The van der Waals surface area contributed by atoms with Crippen LogP contribution in [0.3, 0.4) is 0 Å². The third-order valence-electron chi connectivity index (χ3n) is 2.98. The van der Waals surface area contributed by atoms with Crippen molar-refractivity contribution in [2.45, 2.75) is 19.8 Å². The number of hydrogen-bond acceptors (Lipinski definition) is 3. The van der Waals surface area contributed by atoms with E-state index < -0.39 is 0 Å². The summed E-state index contributed by atoms with van der Waals surface area (Å²) in [7, 11) is 1.62. The fourth-order valence-corrected chi connectivity index (χ4v) is 1.91. The molecular formula is C15H18N2O. The van der Waals surface area contributed by atoms with E-state index in [1.807, 2.05) is 6.07 Å². The molecule has 0 aliphatic carbocycles. The first-order chi connectivity index (χ1) is 8.72. The van der Waals surface area contributed by atoms with Crippen molar-refractivity contribution in [2.24, 2.45) is 0 Å². The molecule has 0 saturated heterocycles. The first-order valence-electron chi connectivity index (χ1n) is 6.10. The molecule has 0 spiro atoms. The van der Waals surface area contributed by atoms with Crippen LogP contribution in [0.5, 0.6) is 5.88 Å². The Morgan fingerprint density at radius 3 is 2.33 bits per heavy atom. The van der Waals surface area contributed by atoms with Crippen LogP contribution in [-0.4, -0.2) is 12.1 Å². The predicted molar refractivity (Wildman–Crippen MR) is 73.8 cm³/mol. The van der Waals surface area contributed by atoms with Crippen LogP contribution in [0.1, 0.15) is 23.6 Å². The van der Waals surface area contributed by atoms with Crippen LogP contribution in [0.4, 0.5) is 5.82 Å². The first-order valence-corrected chi connectivity index (χ1v) is 6.10. The molecule has 94 valence electrons. The molecule has 18 heavy (non-hydrogen) atoms. The van der Waals surface area contributed by atoms with Gasteiger partial charge in [0, 0.05) is 12.0 Å². The van der Waals surface area contributed by atoms with E-state index in [-0.39, 0.29) is 0 Å². The highest BCUT2D eigenvalue weighted by molar-refractivity contribution is 5.40. The van der Waals surface area contributed by atoms with E-state index in [1.54, 1.807) is 13.2 Å². The van der Waals surface area contributed by atoms with E-state index in [4.69, 9.17) is 10.5 Å². The van der Waals surface area contributed by atoms with Gasteiger partial charge in [0.2, 0.25) is 5.88 Å². The molecule has 1 aromatic carbocycles. The summed E-state index contributed by atoms with van der Waals surface area (Å²) >= 11 is 0. The lowest BCUT2D eigenvalue weighted by atomic mass is 10.0. The molecule has 0 saturated carbocycles. The van der Waals surface area contributed by atoms with Crippen LogP contribution in [0, 0.1) is 0 Å². The van der Waals surface area contributed by atoms with E-state index in [0.717, 1.165) is 18.4 Å². The first kappa shape index (κ1) is 12.4. The van der Waals surface area contributed by atoms with Crippen molar-refractivity contribution in [3.05, 3.63) is 53.1 Å². The summed E-state index contributed by atoms with van der Waals surface area (Å²) in [6, 6.07) is 12.4. The average Bonchev–Trinajstić information content (AvgIpc) is 2.41. The number of aromatic nitrogens is 1. The molecule has 1 aromatic heterocycles. The monoisotopic (exact) mass is 242 g/mol. The summed E-state index contributed by atoms with van der Waals surface area (Å²) in [4.78, 5) is 4.18. The molecule has 0 amide bonds. The maximum atomic E-state index is 5.64. The van der Waals surface area contributed by atoms with Crippen LogP contribution >= 0.6 is 0 Å². The van der Waals surface area contributed by atoms with Crippen LogP contribution in [0.25, 0.3) is 0 Å². The minimum absolute atomic E-state index is 0.483. The number of nitrogens with zero attached hydrogens (tertiary/aromatic N) is 1. The quantitative estimate of drug-likeness (QED) is 0.896. The van der Waals surface area contributed by atoms with Crippen LogP contribution in [-0.2, 0) is 12.8 Å². The zero-order chi connectivity index (χ0) is 13.0. The molecule has 2 N–H and O–H groups in total. The smallest absolute Gasteiger partial charge is 0.218 e. The Kier molecular flexibility index (Phi) is 3.82. The number of pyridine rings is 1. The Morgan fingerprint density at radius 2 is 1.72 bits per heavy atom. The van der Waals surface area contributed by atoms with Gasteiger partial charge in [0.1, 0.15) is 5.82 Å². The number of nitrogens with two attached hydrogens (primary N) is 1. The number of nitrogen functional groups attached to an aromatic ring is 1. The van der Waals surface area contributed by atoms with E-state index in [2.05, 4.69) is 36.2 Å². The minimum atomic E-state index is 0.483. The van der Waals surface area contributed by atoms with Gasteiger partial charge >= 0.3 is 0 Å². The molecule has 0 unspecified atom stereocenters. The third-order valence-corrected chi connectivity index (χ3v) is 2.98. The second kappa shape index (κ2) is 5.54. The Morgan fingerprint density at radius 1 is 1.06 bits per heavy atom. The number of methoxy groups -OCH3 is 1. The largest absolute Gasteiger partial charge is 0.481 e. The molecule has 3 heteroatoms. The lowest BCUT2D eigenvalue weighted by Gasteiger charge is -2.08. The SMILES string of the molecule is CCc1ccc(Cc2ccc(N)nc2OC)cc1. The van der Waals surface area contributed by atoms with Gasteiger partial charge in [-0.25, -0.2) is 0 Å². The van der Waals surface area contributed by atoms with E-state index in [1.165, 1.54) is 11.1 Å². The minimum Gasteiger partial charge on any atom is -0.481 e. The maximum absolute atomic E-state index is 5.64. The molecule has 0 aliphatic heterocycles. The number of benzene rings is 1. The molecule has 0 atom stereocenters. The van der Waals surface area contributed by atoms with Crippen molar-refractivity contribution >= 4 is 5.82 Å². The standard InChI is InChI=1S/C15H18N2O/c1-3-11-4-6-12(7-5-11)10-13-8-9-14(16)17-15(13)18-2/h4-9H,3,10H2,1-2H3,(H2,16,17). The van der Waals surface area contributed by atoms with Gasteiger partial charge in [-0.05, 0) is 29.7 Å².